The Morgan fingerprint density at radius 2 is 2.06 bits per heavy atom. The van der Waals surface area contributed by atoms with Crippen molar-refractivity contribution in [3.8, 4) is 5.75 Å². The first-order chi connectivity index (χ1) is 7.61. The molecule has 0 unspecified atom stereocenters. The fourth-order valence-electron chi connectivity index (χ4n) is 1.72. The summed E-state index contributed by atoms with van der Waals surface area (Å²) in [5.41, 5.74) is 8.97. The van der Waals surface area contributed by atoms with E-state index in [4.69, 9.17) is 22.1 Å². The smallest absolute Gasteiger partial charge is 0.141 e. The van der Waals surface area contributed by atoms with E-state index < -0.39 is 0 Å². The number of rotatable bonds is 5. The first kappa shape index (κ1) is 13.3. The highest BCUT2D eigenvalue weighted by Gasteiger charge is 2.12. The predicted octanol–water partition coefficient (Wildman–Crippen LogP) is 3.25. The van der Waals surface area contributed by atoms with E-state index in [-0.39, 0.29) is 0 Å². The van der Waals surface area contributed by atoms with Crippen molar-refractivity contribution >= 4 is 11.6 Å². The van der Waals surface area contributed by atoms with Gasteiger partial charge in [0.25, 0.3) is 0 Å². The molecule has 0 aliphatic carbocycles. The Hall–Kier alpha value is -0.730. The maximum Gasteiger partial charge on any atom is 0.141 e. The van der Waals surface area contributed by atoms with Crippen molar-refractivity contribution in [1.29, 1.82) is 0 Å². The molecule has 90 valence electrons. The van der Waals surface area contributed by atoms with Gasteiger partial charge in [0.1, 0.15) is 5.75 Å². The summed E-state index contributed by atoms with van der Waals surface area (Å²) in [5.74, 6) is 0.821. The van der Waals surface area contributed by atoms with Gasteiger partial charge in [-0.1, -0.05) is 24.6 Å². The van der Waals surface area contributed by atoms with Gasteiger partial charge in [-0.15, -0.1) is 0 Å². The minimum Gasteiger partial charge on any atom is -0.492 e. The van der Waals surface area contributed by atoms with E-state index >= 15 is 0 Å². The standard InChI is InChI=1S/C13H20ClNO/c1-4-7-16-13-9(2)8-11(5-6-15)10(3)12(13)14/h8H,4-7,15H2,1-3H3. The van der Waals surface area contributed by atoms with Crippen molar-refractivity contribution in [3.05, 3.63) is 27.8 Å². The van der Waals surface area contributed by atoms with Gasteiger partial charge in [-0.25, -0.2) is 0 Å². The molecule has 2 nitrogen and oxygen atoms in total. The number of hydrogen-bond acceptors (Lipinski definition) is 2. The molecule has 0 heterocycles. The van der Waals surface area contributed by atoms with Gasteiger partial charge in [0, 0.05) is 0 Å². The van der Waals surface area contributed by atoms with Gasteiger partial charge in [-0.3, -0.25) is 0 Å². The molecule has 0 saturated heterocycles. The van der Waals surface area contributed by atoms with Crippen molar-refractivity contribution in [1.82, 2.24) is 0 Å². The van der Waals surface area contributed by atoms with Gasteiger partial charge >= 0.3 is 0 Å². The quantitative estimate of drug-likeness (QED) is 0.859. The molecule has 3 heteroatoms. The molecule has 0 aliphatic heterocycles. The second-order valence-electron chi connectivity index (χ2n) is 4.01. The second-order valence-corrected chi connectivity index (χ2v) is 4.39. The maximum atomic E-state index is 6.31. The molecule has 0 saturated carbocycles. The molecule has 2 N–H and O–H groups in total. The zero-order chi connectivity index (χ0) is 12.1. The third kappa shape index (κ3) is 2.89. The molecule has 0 fully saturated rings. The summed E-state index contributed by atoms with van der Waals surface area (Å²) >= 11 is 6.31. The van der Waals surface area contributed by atoms with E-state index in [9.17, 15) is 0 Å². The molecule has 1 rings (SSSR count). The lowest BCUT2D eigenvalue weighted by atomic mass is 10.0. The van der Waals surface area contributed by atoms with Crippen molar-refractivity contribution in [2.45, 2.75) is 33.6 Å². The monoisotopic (exact) mass is 241 g/mol. The van der Waals surface area contributed by atoms with Crippen LogP contribution in [-0.4, -0.2) is 13.2 Å². The van der Waals surface area contributed by atoms with Crippen LogP contribution in [0.15, 0.2) is 6.07 Å². The van der Waals surface area contributed by atoms with Crippen LogP contribution in [-0.2, 0) is 6.42 Å². The molecule has 1 aromatic rings. The third-order valence-corrected chi connectivity index (χ3v) is 3.08. The third-order valence-electron chi connectivity index (χ3n) is 2.62. The Morgan fingerprint density at radius 1 is 1.38 bits per heavy atom. The fraction of sp³-hybridized carbons (Fsp3) is 0.538. The lowest BCUT2D eigenvalue weighted by molar-refractivity contribution is 0.315. The van der Waals surface area contributed by atoms with Crippen molar-refractivity contribution in [3.63, 3.8) is 0 Å². The number of ether oxygens (including phenoxy) is 1. The van der Waals surface area contributed by atoms with Crippen LogP contribution in [0.3, 0.4) is 0 Å². The van der Waals surface area contributed by atoms with Gasteiger partial charge in [0.15, 0.2) is 0 Å². The summed E-state index contributed by atoms with van der Waals surface area (Å²) in [6.45, 7) is 7.47. The predicted molar refractivity (Wildman–Crippen MR) is 69.5 cm³/mol. The van der Waals surface area contributed by atoms with E-state index in [0.717, 1.165) is 34.7 Å². The van der Waals surface area contributed by atoms with Gasteiger partial charge in [-0.2, -0.15) is 0 Å². The lowest BCUT2D eigenvalue weighted by Crippen LogP contribution is -2.06. The van der Waals surface area contributed by atoms with Gasteiger partial charge in [0.2, 0.25) is 0 Å². The Kier molecular flexibility index (Phi) is 5.10. The van der Waals surface area contributed by atoms with Crippen LogP contribution in [0.1, 0.15) is 30.0 Å². The van der Waals surface area contributed by atoms with Gasteiger partial charge in [-0.05, 0) is 49.9 Å². The van der Waals surface area contributed by atoms with Crippen LogP contribution in [0, 0.1) is 13.8 Å². The van der Waals surface area contributed by atoms with Gasteiger partial charge < -0.3 is 10.5 Å². The molecule has 1 aromatic carbocycles. The van der Waals surface area contributed by atoms with E-state index in [0.29, 0.717) is 13.2 Å². The highest BCUT2D eigenvalue weighted by molar-refractivity contribution is 6.33. The van der Waals surface area contributed by atoms with Crippen molar-refractivity contribution in [2.75, 3.05) is 13.2 Å². The summed E-state index contributed by atoms with van der Waals surface area (Å²) in [6, 6.07) is 2.12. The second kappa shape index (κ2) is 6.12. The molecular formula is C13H20ClNO. The number of nitrogens with two attached hydrogens (primary N) is 1. The summed E-state index contributed by atoms with van der Waals surface area (Å²) in [6.07, 6.45) is 1.85. The summed E-state index contributed by atoms with van der Waals surface area (Å²) in [5, 5.41) is 0.733. The number of halogens is 1. The fourth-order valence-corrected chi connectivity index (χ4v) is 2.04. The minimum atomic E-state index is 0.645. The molecular weight excluding hydrogens is 222 g/mol. The zero-order valence-electron chi connectivity index (χ0n) is 10.3. The number of aryl methyl sites for hydroxylation is 1. The molecule has 0 amide bonds. The molecule has 0 radical (unpaired) electrons. The lowest BCUT2D eigenvalue weighted by Gasteiger charge is -2.15. The largest absolute Gasteiger partial charge is 0.492 e. The van der Waals surface area contributed by atoms with Crippen molar-refractivity contribution < 1.29 is 4.74 Å². The Balaban J connectivity index is 3.07. The molecule has 0 bridgehead atoms. The zero-order valence-corrected chi connectivity index (χ0v) is 11.0. The Labute approximate surface area is 103 Å². The van der Waals surface area contributed by atoms with Crippen LogP contribution >= 0.6 is 11.6 Å². The van der Waals surface area contributed by atoms with Crippen LogP contribution in [0.2, 0.25) is 5.02 Å². The Bertz CT molecular complexity index is 363. The van der Waals surface area contributed by atoms with E-state index in [2.05, 4.69) is 13.0 Å². The van der Waals surface area contributed by atoms with E-state index in [1.54, 1.807) is 0 Å². The molecule has 16 heavy (non-hydrogen) atoms. The SMILES string of the molecule is CCCOc1c(C)cc(CCN)c(C)c1Cl. The maximum absolute atomic E-state index is 6.31. The normalized spacial score (nSPS) is 10.6. The molecule has 0 spiro atoms. The van der Waals surface area contributed by atoms with E-state index in [1.807, 2.05) is 13.8 Å². The number of hydrogen-bond donors (Lipinski definition) is 1. The average Bonchev–Trinajstić information content (AvgIpc) is 2.26. The van der Waals surface area contributed by atoms with Crippen LogP contribution in [0.5, 0.6) is 5.75 Å². The first-order valence-corrected chi connectivity index (χ1v) is 6.11. The summed E-state index contributed by atoms with van der Waals surface area (Å²) in [7, 11) is 0. The minimum absolute atomic E-state index is 0.645. The molecule has 0 aliphatic rings. The average molecular weight is 242 g/mol. The summed E-state index contributed by atoms with van der Waals surface area (Å²) < 4.78 is 5.67. The Morgan fingerprint density at radius 3 is 2.62 bits per heavy atom. The highest BCUT2D eigenvalue weighted by Crippen LogP contribution is 2.34. The van der Waals surface area contributed by atoms with Crippen molar-refractivity contribution in [2.24, 2.45) is 5.73 Å². The number of benzene rings is 1. The summed E-state index contributed by atoms with van der Waals surface area (Å²) in [4.78, 5) is 0. The first-order valence-electron chi connectivity index (χ1n) is 5.73. The topological polar surface area (TPSA) is 35.2 Å². The molecule has 0 aromatic heterocycles. The van der Waals surface area contributed by atoms with Crippen LogP contribution in [0.4, 0.5) is 0 Å². The van der Waals surface area contributed by atoms with Gasteiger partial charge in [0.05, 0.1) is 11.6 Å². The van der Waals surface area contributed by atoms with E-state index in [1.165, 1.54) is 5.56 Å². The van der Waals surface area contributed by atoms with Crippen LogP contribution in [0.25, 0.3) is 0 Å². The molecule has 0 atom stereocenters. The highest BCUT2D eigenvalue weighted by atomic mass is 35.5. The van der Waals surface area contributed by atoms with Crippen LogP contribution < -0.4 is 10.5 Å².